The molecule has 2 aliphatic rings. The van der Waals surface area contributed by atoms with E-state index in [0.717, 1.165) is 11.8 Å². The van der Waals surface area contributed by atoms with Crippen LogP contribution < -0.4 is 0 Å². The summed E-state index contributed by atoms with van der Waals surface area (Å²) in [7, 11) is 0. The van der Waals surface area contributed by atoms with Crippen molar-refractivity contribution in [2.24, 2.45) is 11.8 Å². The van der Waals surface area contributed by atoms with Crippen LogP contribution in [0.2, 0.25) is 0 Å². The fourth-order valence-electron chi connectivity index (χ4n) is 1.63. The third-order valence-corrected chi connectivity index (χ3v) is 2.33. The first-order valence-electron chi connectivity index (χ1n) is 4.14. The minimum Gasteiger partial charge on any atom is -0.300 e. The number of rotatable bonds is 2. The number of carbonyl (C=O) groups is 1. The number of carbonyl (C=O) groups excluding carboxylic acids is 1. The van der Waals surface area contributed by atoms with Gasteiger partial charge in [-0.1, -0.05) is 18.2 Å². The van der Waals surface area contributed by atoms with E-state index < -0.39 is 0 Å². The maximum Gasteiger partial charge on any atom is 0.134 e. The molecule has 0 aromatic heterocycles. The monoisotopic (exact) mass is 148 g/mol. The van der Waals surface area contributed by atoms with Crippen LogP contribution in [0.15, 0.2) is 23.8 Å². The number of ketones is 1. The Morgan fingerprint density at radius 1 is 1.64 bits per heavy atom. The summed E-state index contributed by atoms with van der Waals surface area (Å²) in [6, 6.07) is 0. The normalized spacial score (nSPS) is 32.6. The lowest BCUT2D eigenvalue weighted by Gasteiger charge is -2.02. The molecule has 0 bridgehead atoms. The second-order valence-electron chi connectivity index (χ2n) is 3.54. The van der Waals surface area contributed by atoms with Crippen LogP contribution in [-0.2, 0) is 4.79 Å². The molecule has 1 heteroatoms. The molecule has 0 aliphatic heterocycles. The van der Waals surface area contributed by atoms with Gasteiger partial charge in [-0.2, -0.15) is 0 Å². The quantitative estimate of drug-likeness (QED) is 0.586. The van der Waals surface area contributed by atoms with Crippen LogP contribution in [0.25, 0.3) is 0 Å². The van der Waals surface area contributed by atoms with Gasteiger partial charge in [-0.05, 0) is 30.8 Å². The summed E-state index contributed by atoms with van der Waals surface area (Å²) in [6.45, 7) is 1.65. The van der Waals surface area contributed by atoms with E-state index in [2.05, 4.69) is 18.2 Å². The highest BCUT2D eigenvalue weighted by Gasteiger charge is 2.34. The Kier molecular flexibility index (Phi) is 1.45. The summed E-state index contributed by atoms with van der Waals surface area (Å²) in [4.78, 5) is 10.8. The molecule has 1 fully saturated rings. The summed E-state index contributed by atoms with van der Waals surface area (Å²) in [6.07, 6.45) is 8.53. The van der Waals surface area contributed by atoms with Gasteiger partial charge < -0.3 is 0 Å². The molecule has 1 saturated carbocycles. The predicted octanol–water partition coefficient (Wildman–Crippen LogP) is 2.10. The van der Waals surface area contributed by atoms with Gasteiger partial charge in [0.15, 0.2) is 0 Å². The maximum absolute atomic E-state index is 10.8. The molecule has 2 rings (SSSR count). The molecule has 11 heavy (non-hydrogen) atoms. The molecular formula is C10H12O. The third kappa shape index (κ3) is 1.42. The summed E-state index contributed by atoms with van der Waals surface area (Å²) in [5.41, 5.74) is 1.22. The van der Waals surface area contributed by atoms with Gasteiger partial charge in [0.2, 0.25) is 0 Å². The van der Waals surface area contributed by atoms with Crippen LogP contribution in [0.4, 0.5) is 0 Å². The van der Waals surface area contributed by atoms with Gasteiger partial charge in [0.1, 0.15) is 5.78 Å². The van der Waals surface area contributed by atoms with Crippen molar-refractivity contribution in [1.29, 1.82) is 0 Å². The smallest absolute Gasteiger partial charge is 0.134 e. The van der Waals surface area contributed by atoms with Crippen molar-refractivity contribution in [2.75, 3.05) is 0 Å². The molecule has 0 aromatic carbocycles. The molecule has 0 heterocycles. The zero-order chi connectivity index (χ0) is 7.84. The van der Waals surface area contributed by atoms with Crippen LogP contribution in [0.3, 0.4) is 0 Å². The van der Waals surface area contributed by atoms with Gasteiger partial charge in [-0.3, -0.25) is 4.79 Å². The van der Waals surface area contributed by atoms with E-state index in [-0.39, 0.29) is 5.78 Å². The highest BCUT2D eigenvalue weighted by atomic mass is 16.1. The first kappa shape index (κ1) is 6.84. The van der Waals surface area contributed by atoms with E-state index in [4.69, 9.17) is 0 Å². The number of hydrogen-bond acceptors (Lipinski definition) is 1. The van der Waals surface area contributed by atoms with Crippen molar-refractivity contribution >= 4 is 5.78 Å². The maximum atomic E-state index is 10.8. The van der Waals surface area contributed by atoms with Gasteiger partial charge in [-0.15, -0.1) is 0 Å². The first-order valence-corrected chi connectivity index (χ1v) is 4.14. The third-order valence-electron chi connectivity index (χ3n) is 2.33. The van der Waals surface area contributed by atoms with E-state index in [1.807, 2.05) is 0 Å². The molecule has 0 spiro atoms. The Morgan fingerprint density at radius 3 is 3.09 bits per heavy atom. The molecule has 0 aromatic rings. The Morgan fingerprint density at radius 2 is 2.45 bits per heavy atom. The van der Waals surface area contributed by atoms with Crippen molar-refractivity contribution in [1.82, 2.24) is 0 Å². The number of fused-ring (bicyclic) bond motifs is 1. The lowest BCUT2D eigenvalue weighted by atomic mass is 10.0. The Balaban J connectivity index is 2.04. The summed E-state index contributed by atoms with van der Waals surface area (Å²) >= 11 is 0. The van der Waals surface area contributed by atoms with Crippen LogP contribution in [0.5, 0.6) is 0 Å². The molecule has 1 nitrogen and oxygen atoms in total. The zero-order valence-corrected chi connectivity index (χ0v) is 6.71. The van der Waals surface area contributed by atoms with E-state index in [1.165, 1.54) is 12.0 Å². The lowest BCUT2D eigenvalue weighted by molar-refractivity contribution is -0.116. The van der Waals surface area contributed by atoms with Gasteiger partial charge >= 0.3 is 0 Å². The van der Waals surface area contributed by atoms with Crippen LogP contribution >= 0.6 is 0 Å². The Hall–Kier alpha value is -0.850. The minimum absolute atomic E-state index is 0.264. The molecule has 2 unspecified atom stereocenters. The van der Waals surface area contributed by atoms with Crippen molar-refractivity contribution in [3.63, 3.8) is 0 Å². The van der Waals surface area contributed by atoms with Gasteiger partial charge in [0.25, 0.3) is 0 Å². The second kappa shape index (κ2) is 2.33. The predicted molar refractivity (Wildman–Crippen MR) is 44.1 cm³/mol. The first-order chi connectivity index (χ1) is 5.25. The van der Waals surface area contributed by atoms with E-state index >= 15 is 0 Å². The molecule has 0 N–H and O–H groups in total. The fraction of sp³-hybridized carbons (Fsp3) is 0.500. The van der Waals surface area contributed by atoms with Crippen LogP contribution in [-0.4, -0.2) is 5.78 Å². The van der Waals surface area contributed by atoms with E-state index in [9.17, 15) is 4.79 Å². The van der Waals surface area contributed by atoms with Crippen molar-refractivity contribution in [3.05, 3.63) is 23.8 Å². The van der Waals surface area contributed by atoms with Crippen molar-refractivity contribution in [3.8, 4) is 0 Å². The summed E-state index contributed by atoms with van der Waals surface area (Å²) in [5, 5.41) is 0. The molecule has 58 valence electrons. The largest absolute Gasteiger partial charge is 0.300 e. The number of allylic oxidation sites excluding steroid dienone is 4. The van der Waals surface area contributed by atoms with Gasteiger partial charge in [0.05, 0.1) is 0 Å². The topological polar surface area (TPSA) is 17.1 Å². The van der Waals surface area contributed by atoms with Crippen molar-refractivity contribution < 1.29 is 4.79 Å². The fourth-order valence-corrected chi connectivity index (χ4v) is 1.63. The Labute approximate surface area is 66.8 Å². The molecule has 0 radical (unpaired) electrons. The highest BCUT2D eigenvalue weighted by molar-refractivity contribution is 5.78. The minimum atomic E-state index is 0.264. The van der Waals surface area contributed by atoms with Gasteiger partial charge in [-0.25, -0.2) is 0 Å². The second-order valence-corrected chi connectivity index (χ2v) is 3.54. The molecule has 2 aliphatic carbocycles. The van der Waals surface area contributed by atoms with E-state index in [0.29, 0.717) is 6.42 Å². The SMILES string of the molecule is CC(=O)CC1=CC2CC2C=C1. The zero-order valence-electron chi connectivity index (χ0n) is 6.71. The lowest BCUT2D eigenvalue weighted by Crippen LogP contribution is -1.94. The number of Topliss-reactive ketones (excluding diaryl/α,β-unsaturated/α-hetero) is 1. The average Bonchev–Trinajstić information content (AvgIpc) is 2.63. The highest BCUT2D eigenvalue weighted by Crippen LogP contribution is 2.44. The molecular weight excluding hydrogens is 136 g/mol. The number of hydrogen-bond donors (Lipinski definition) is 0. The van der Waals surface area contributed by atoms with Crippen LogP contribution in [0, 0.1) is 11.8 Å². The molecule has 0 saturated heterocycles. The summed E-state index contributed by atoms with van der Waals surface area (Å²) in [5.74, 6) is 1.85. The summed E-state index contributed by atoms with van der Waals surface area (Å²) < 4.78 is 0. The van der Waals surface area contributed by atoms with Crippen LogP contribution in [0.1, 0.15) is 19.8 Å². The van der Waals surface area contributed by atoms with E-state index in [1.54, 1.807) is 6.92 Å². The standard InChI is InChI=1S/C10H12O/c1-7(11)4-8-2-3-9-6-10(9)5-8/h2-3,5,9-10H,4,6H2,1H3. The molecule has 0 amide bonds. The molecule has 2 atom stereocenters. The van der Waals surface area contributed by atoms with Gasteiger partial charge in [0, 0.05) is 6.42 Å². The van der Waals surface area contributed by atoms with Crippen molar-refractivity contribution in [2.45, 2.75) is 19.8 Å². The Bertz CT molecular complexity index is 248. The average molecular weight is 148 g/mol.